The number of nitrogens with one attached hydrogen (secondary N) is 2. The van der Waals surface area contributed by atoms with Crippen LogP contribution in [0.1, 0.15) is 19.8 Å². The second kappa shape index (κ2) is 6.63. The van der Waals surface area contributed by atoms with E-state index >= 15 is 0 Å². The van der Waals surface area contributed by atoms with Gasteiger partial charge in [0.2, 0.25) is 5.95 Å². The fraction of sp³-hybridized carbons (Fsp3) is 0.667. The van der Waals surface area contributed by atoms with Crippen molar-refractivity contribution in [1.29, 1.82) is 0 Å². The number of piperidine rings is 1. The van der Waals surface area contributed by atoms with Crippen LogP contribution in [0.5, 0.6) is 0 Å². The molecule has 1 saturated heterocycles. The molecule has 19 heavy (non-hydrogen) atoms. The Kier molecular flexibility index (Phi) is 4.86. The third-order valence-electron chi connectivity index (χ3n) is 3.59. The number of hydrazine groups is 1. The first kappa shape index (κ1) is 14.0. The maximum absolute atomic E-state index is 13.5. The molecular formula is C12H21FN6. The molecule has 1 aliphatic rings. The molecule has 0 unspecified atom stereocenters. The van der Waals surface area contributed by atoms with Gasteiger partial charge in [0.25, 0.3) is 0 Å². The average molecular weight is 268 g/mol. The summed E-state index contributed by atoms with van der Waals surface area (Å²) in [7, 11) is 0. The van der Waals surface area contributed by atoms with Crippen molar-refractivity contribution >= 4 is 11.8 Å². The third kappa shape index (κ3) is 3.74. The number of nitrogens with zero attached hydrogens (tertiary/aromatic N) is 3. The Morgan fingerprint density at radius 1 is 1.47 bits per heavy atom. The fourth-order valence-corrected chi connectivity index (χ4v) is 2.31. The number of nitrogens with two attached hydrogens (primary N) is 1. The van der Waals surface area contributed by atoms with Crippen LogP contribution in [0, 0.1) is 11.7 Å². The quantitative estimate of drug-likeness (QED) is 0.547. The predicted molar refractivity (Wildman–Crippen MR) is 73.1 cm³/mol. The lowest BCUT2D eigenvalue weighted by atomic mass is 9.97. The molecule has 0 saturated carbocycles. The molecule has 0 aromatic carbocycles. The van der Waals surface area contributed by atoms with E-state index in [9.17, 15) is 4.39 Å². The van der Waals surface area contributed by atoms with Gasteiger partial charge in [-0.15, -0.1) is 0 Å². The normalized spacial score (nSPS) is 17.4. The molecule has 1 aromatic rings. The molecule has 0 aliphatic carbocycles. The SMILES string of the molecule is CCN1CCC(CNc2nc(NN)ncc2F)CC1. The summed E-state index contributed by atoms with van der Waals surface area (Å²) in [6.07, 6.45) is 3.38. The van der Waals surface area contributed by atoms with Crippen LogP contribution in [0.3, 0.4) is 0 Å². The number of nitrogen functional groups attached to an aromatic ring is 1. The average Bonchev–Trinajstić information content (AvgIpc) is 2.47. The van der Waals surface area contributed by atoms with Crippen LogP contribution >= 0.6 is 0 Å². The lowest BCUT2D eigenvalue weighted by molar-refractivity contribution is 0.198. The van der Waals surface area contributed by atoms with Gasteiger partial charge < -0.3 is 10.2 Å². The van der Waals surface area contributed by atoms with Crippen LogP contribution < -0.4 is 16.6 Å². The second-order valence-corrected chi connectivity index (χ2v) is 4.79. The van der Waals surface area contributed by atoms with Crippen molar-refractivity contribution < 1.29 is 4.39 Å². The van der Waals surface area contributed by atoms with Crippen molar-refractivity contribution in [3.63, 3.8) is 0 Å². The predicted octanol–water partition coefficient (Wildman–Crippen LogP) is 1.05. The number of aromatic nitrogens is 2. The van der Waals surface area contributed by atoms with Crippen LogP contribution in [-0.4, -0.2) is 41.0 Å². The molecule has 2 rings (SSSR count). The topological polar surface area (TPSA) is 79.1 Å². The van der Waals surface area contributed by atoms with E-state index in [2.05, 4.69) is 32.5 Å². The zero-order valence-electron chi connectivity index (χ0n) is 11.2. The van der Waals surface area contributed by atoms with Gasteiger partial charge in [-0.3, -0.25) is 5.43 Å². The van der Waals surface area contributed by atoms with Gasteiger partial charge in [-0.1, -0.05) is 6.92 Å². The smallest absolute Gasteiger partial charge is 0.239 e. The van der Waals surface area contributed by atoms with E-state index in [4.69, 9.17) is 5.84 Å². The van der Waals surface area contributed by atoms with Gasteiger partial charge in [-0.25, -0.2) is 15.2 Å². The van der Waals surface area contributed by atoms with E-state index in [1.807, 2.05) is 0 Å². The van der Waals surface area contributed by atoms with Gasteiger partial charge in [0, 0.05) is 6.54 Å². The van der Waals surface area contributed by atoms with Crippen molar-refractivity contribution in [2.45, 2.75) is 19.8 Å². The van der Waals surface area contributed by atoms with Gasteiger partial charge in [-0.05, 0) is 38.4 Å². The van der Waals surface area contributed by atoms with Crippen LogP contribution in [0.25, 0.3) is 0 Å². The molecule has 6 nitrogen and oxygen atoms in total. The van der Waals surface area contributed by atoms with Crippen molar-refractivity contribution in [3.8, 4) is 0 Å². The second-order valence-electron chi connectivity index (χ2n) is 4.79. The number of hydrogen-bond donors (Lipinski definition) is 3. The molecule has 4 N–H and O–H groups in total. The third-order valence-corrected chi connectivity index (χ3v) is 3.59. The van der Waals surface area contributed by atoms with E-state index in [1.54, 1.807) is 0 Å². The van der Waals surface area contributed by atoms with Crippen molar-refractivity contribution in [2.24, 2.45) is 11.8 Å². The maximum atomic E-state index is 13.5. The van der Waals surface area contributed by atoms with Crippen LogP contribution in [0.4, 0.5) is 16.2 Å². The minimum Gasteiger partial charge on any atom is -0.367 e. The van der Waals surface area contributed by atoms with Crippen LogP contribution in [0.2, 0.25) is 0 Å². The summed E-state index contributed by atoms with van der Waals surface area (Å²) in [5.74, 6) is 5.74. The maximum Gasteiger partial charge on any atom is 0.239 e. The molecule has 0 bridgehead atoms. The summed E-state index contributed by atoms with van der Waals surface area (Å²) in [6.45, 7) is 6.24. The number of anilines is 2. The minimum atomic E-state index is -0.454. The van der Waals surface area contributed by atoms with E-state index in [1.165, 1.54) is 0 Å². The van der Waals surface area contributed by atoms with E-state index in [0.717, 1.165) is 45.2 Å². The Morgan fingerprint density at radius 2 is 2.21 bits per heavy atom. The fourth-order valence-electron chi connectivity index (χ4n) is 2.31. The van der Waals surface area contributed by atoms with Gasteiger partial charge >= 0.3 is 0 Å². The molecule has 0 amide bonds. The molecule has 1 aliphatic heterocycles. The van der Waals surface area contributed by atoms with Crippen molar-refractivity contribution in [2.75, 3.05) is 36.9 Å². The van der Waals surface area contributed by atoms with E-state index < -0.39 is 5.82 Å². The first-order valence-corrected chi connectivity index (χ1v) is 6.68. The first-order chi connectivity index (χ1) is 9.22. The molecule has 106 valence electrons. The number of likely N-dealkylation sites (tertiary alicyclic amines) is 1. The molecule has 2 heterocycles. The Balaban J connectivity index is 1.85. The lowest BCUT2D eigenvalue weighted by Gasteiger charge is -2.31. The van der Waals surface area contributed by atoms with Crippen LogP contribution in [-0.2, 0) is 0 Å². The standard InChI is InChI=1S/C12H21FN6/c1-2-19-5-3-9(4-6-19)7-15-11-10(13)8-16-12(17-11)18-14/h8-9H,2-7,14H2,1H3,(H2,15,16,17,18). The van der Waals surface area contributed by atoms with Crippen LogP contribution in [0.15, 0.2) is 6.20 Å². The summed E-state index contributed by atoms with van der Waals surface area (Å²) >= 11 is 0. The number of halogens is 1. The highest BCUT2D eigenvalue weighted by Gasteiger charge is 2.18. The zero-order valence-corrected chi connectivity index (χ0v) is 11.2. The van der Waals surface area contributed by atoms with Gasteiger partial charge in [-0.2, -0.15) is 4.98 Å². The summed E-state index contributed by atoms with van der Waals surface area (Å²) in [6, 6.07) is 0. The first-order valence-electron chi connectivity index (χ1n) is 6.68. The molecule has 7 heteroatoms. The van der Waals surface area contributed by atoms with Crippen molar-refractivity contribution in [1.82, 2.24) is 14.9 Å². The van der Waals surface area contributed by atoms with E-state index in [0.29, 0.717) is 5.92 Å². The molecule has 0 spiro atoms. The Morgan fingerprint density at radius 3 is 2.84 bits per heavy atom. The highest BCUT2D eigenvalue weighted by Crippen LogP contribution is 2.18. The highest BCUT2D eigenvalue weighted by atomic mass is 19.1. The zero-order chi connectivity index (χ0) is 13.7. The Labute approximate surface area is 112 Å². The minimum absolute atomic E-state index is 0.209. The molecular weight excluding hydrogens is 247 g/mol. The van der Waals surface area contributed by atoms with Gasteiger partial charge in [0.05, 0.1) is 6.20 Å². The molecule has 0 atom stereocenters. The van der Waals surface area contributed by atoms with Crippen molar-refractivity contribution in [3.05, 3.63) is 12.0 Å². The summed E-state index contributed by atoms with van der Waals surface area (Å²) in [4.78, 5) is 10.1. The summed E-state index contributed by atoms with van der Waals surface area (Å²) < 4.78 is 13.5. The Bertz CT molecular complexity index is 405. The summed E-state index contributed by atoms with van der Waals surface area (Å²) in [5, 5.41) is 3.05. The Hall–Kier alpha value is -1.47. The van der Waals surface area contributed by atoms with Gasteiger partial charge in [0.15, 0.2) is 11.6 Å². The summed E-state index contributed by atoms with van der Waals surface area (Å²) in [5.41, 5.74) is 2.31. The molecule has 1 fully saturated rings. The monoisotopic (exact) mass is 268 g/mol. The lowest BCUT2D eigenvalue weighted by Crippen LogP contribution is -2.35. The van der Waals surface area contributed by atoms with E-state index in [-0.39, 0.29) is 11.8 Å². The number of hydrogen-bond acceptors (Lipinski definition) is 6. The number of rotatable bonds is 5. The largest absolute Gasteiger partial charge is 0.367 e. The highest BCUT2D eigenvalue weighted by molar-refractivity contribution is 5.40. The molecule has 1 aromatic heterocycles. The van der Waals surface area contributed by atoms with Gasteiger partial charge in [0.1, 0.15) is 0 Å². The molecule has 0 radical (unpaired) electrons.